The third kappa shape index (κ3) is 1.65. The topological polar surface area (TPSA) is 30.2 Å². The molecule has 1 aromatic rings. The first-order valence-corrected chi connectivity index (χ1v) is 5.09. The molecule has 0 fully saturated rings. The Labute approximate surface area is 83.6 Å². The van der Waals surface area contributed by atoms with Crippen molar-refractivity contribution in [2.75, 3.05) is 0 Å². The fourth-order valence-electron chi connectivity index (χ4n) is 2.02. The molecule has 0 N–H and O–H groups in total. The van der Waals surface area contributed by atoms with E-state index in [1.165, 1.54) is 0 Å². The van der Waals surface area contributed by atoms with E-state index in [1.54, 1.807) is 12.3 Å². The van der Waals surface area contributed by atoms with Gasteiger partial charge in [0.05, 0.1) is 6.26 Å². The standard InChI is InChI=1S/C12H14O2/c1-2-4-9-7-10(13)8-11(9)12-5-3-6-14-12/h3,5-6,8-9H,2,4,7H2,1H3. The fourth-order valence-corrected chi connectivity index (χ4v) is 2.02. The van der Waals surface area contributed by atoms with Crippen LogP contribution >= 0.6 is 0 Å². The number of furan rings is 1. The second-order valence-electron chi connectivity index (χ2n) is 3.73. The van der Waals surface area contributed by atoms with Crippen LogP contribution in [0.1, 0.15) is 31.9 Å². The van der Waals surface area contributed by atoms with Gasteiger partial charge in [-0.2, -0.15) is 0 Å². The monoisotopic (exact) mass is 190 g/mol. The summed E-state index contributed by atoms with van der Waals surface area (Å²) in [6, 6.07) is 3.79. The highest BCUT2D eigenvalue weighted by molar-refractivity contribution is 6.01. The molecule has 14 heavy (non-hydrogen) atoms. The van der Waals surface area contributed by atoms with Gasteiger partial charge in [-0.05, 0) is 30.5 Å². The first-order valence-electron chi connectivity index (χ1n) is 5.09. The lowest BCUT2D eigenvalue weighted by molar-refractivity contribution is -0.114. The van der Waals surface area contributed by atoms with Gasteiger partial charge in [-0.1, -0.05) is 13.3 Å². The third-order valence-corrected chi connectivity index (χ3v) is 2.65. The minimum atomic E-state index is 0.231. The molecule has 0 aliphatic heterocycles. The zero-order valence-electron chi connectivity index (χ0n) is 8.32. The second-order valence-corrected chi connectivity index (χ2v) is 3.73. The van der Waals surface area contributed by atoms with Crippen LogP contribution in [0.25, 0.3) is 5.57 Å². The normalized spacial score (nSPS) is 21.4. The van der Waals surface area contributed by atoms with Crippen molar-refractivity contribution in [3.63, 3.8) is 0 Å². The fraction of sp³-hybridized carbons (Fsp3) is 0.417. The van der Waals surface area contributed by atoms with Gasteiger partial charge in [0.25, 0.3) is 0 Å². The molecule has 1 aromatic heterocycles. The maximum atomic E-state index is 11.3. The van der Waals surface area contributed by atoms with Gasteiger partial charge in [-0.25, -0.2) is 0 Å². The van der Waals surface area contributed by atoms with E-state index < -0.39 is 0 Å². The summed E-state index contributed by atoms with van der Waals surface area (Å²) in [7, 11) is 0. The van der Waals surface area contributed by atoms with Crippen LogP contribution in [0.5, 0.6) is 0 Å². The van der Waals surface area contributed by atoms with Crippen molar-refractivity contribution in [3.05, 3.63) is 30.2 Å². The van der Waals surface area contributed by atoms with Gasteiger partial charge < -0.3 is 4.42 Å². The molecule has 1 heterocycles. The van der Waals surface area contributed by atoms with Crippen LogP contribution < -0.4 is 0 Å². The largest absolute Gasteiger partial charge is 0.465 e. The van der Waals surface area contributed by atoms with Crippen molar-refractivity contribution >= 4 is 11.4 Å². The maximum Gasteiger partial charge on any atom is 0.156 e. The Morgan fingerprint density at radius 3 is 3.07 bits per heavy atom. The lowest BCUT2D eigenvalue weighted by Crippen LogP contribution is -1.99. The molecule has 0 amide bonds. The van der Waals surface area contributed by atoms with Gasteiger partial charge in [0.1, 0.15) is 5.76 Å². The van der Waals surface area contributed by atoms with Crippen molar-refractivity contribution in [1.29, 1.82) is 0 Å². The minimum absolute atomic E-state index is 0.231. The van der Waals surface area contributed by atoms with Crippen LogP contribution in [-0.4, -0.2) is 5.78 Å². The Kier molecular flexibility index (Phi) is 2.53. The molecule has 0 aromatic carbocycles. The van der Waals surface area contributed by atoms with Crippen LogP contribution in [0, 0.1) is 5.92 Å². The van der Waals surface area contributed by atoms with E-state index in [-0.39, 0.29) is 5.78 Å². The van der Waals surface area contributed by atoms with E-state index in [4.69, 9.17) is 4.42 Å². The quantitative estimate of drug-likeness (QED) is 0.733. The Morgan fingerprint density at radius 1 is 1.57 bits per heavy atom. The van der Waals surface area contributed by atoms with Crippen LogP contribution in [0.4, 0.5) is 0 Å². The predicted octanol–water partition coefficient (Wildman–Crippen LogP) is 3.05. The van der Waals surface area contributed by atoms with Gasteiger partial charge in [0.2, 0.25) is 0 Å². The summed E-state index contributed by atoms with van der Waals surface area (Å²) < 4.78 is 5.32. The molecule has 0 spiro atoms. The van der Waals surface area contributed by atoms with Gasteiger partial charge in [0.15, 0.2) is 5.78 Å². The molecule has 0 saturated carbocycles. The molecule has 2 rings (SSSR count). The Hall–Kier alpha value is -1.31. The van der Waals surface area contributed by atoms with Crippen molar-refractivity contribution in [2.45, 2.75) is 26.2 Å². The molecule has 2 nitrogen and oxygen atoms in total. The van der Waals surface area contributed by atoms with E-state index in [0.29, 0.717) is 12.3 Å². The number of carbonyl (C=O) groups excluding carboxylic acids is 1. The van der Waals surface area contributed by atoms with Gasteiger partial charge >= 0.3 is 0 Å². The first kappa shape index (κ1) is 9.25. The molecule has 2 heteroatoms. The Balaban J connectivity index is 2.23. The number of hydrogen-bond acceptors (Lipinski definition) is 2. The van der Waals surface area contributed by atoms with Crippen LogP contribution in [-0.2, 0) is 4.79 Å². The molecule has 0 bridgehead atoms. The molecule has 1 aliphatic rings. The van der Waals surface area contributed by atoms with Crippen molar-refractivity contribution in [1.82, 2.24) is 0 Å². The Bertz CT molecular complexity index is 346. The summed E-state index contributed by atoms with van der Waals surface area (Å²) in [5.41, 5.74) is 1.09. The number of rotatable bonds is 3. The summed E-state index contributed by atoms with van der Waals surface area (Å²) in [6.45, 7) is 2.14. The molecule has 0 saturated heterocycles. The minimum Gasteiger partial charge on any atom is -0.465 e. The lowest BCUT2D eigenvalue weighted by atomic mass is 9.95. The number of hydrogen-bond donors (Lipinski definition) is 0. The average molecular weight is 190 g/mol. The van der Waals surface area contributed by atoms with Crippen LogP contribution in [0.15, 0.2) is 28.9 Å². The highest BCUT2D eigenvalue weighted by Gasteiger charge is 2.26. The van der Waals surface area contributed by atoms with Gasteiger partial charge in [-0.15, -0.1) is 0 Å². The molecular weight excluding hydrogens is 176 g/mol. The van der Waals surface area contributed by atoms with Gasteiger partial charge in [-0.3, -0.25) is 4.79 Å². The van der Waals surface area contributed by atoms with E-state index >= 15 is 0 Å². The van der Waals surface area contributed by atoms with Crippen molar-refractivity contribution < 1.29 is 9.21 Å². The summed E-state index contributed by atoms with van der Waals surface area (Å²) in [5.74, 6) is 1.46. The van der Waals surface area contributed by atoms with Crippen molar-refractivity contribution in [2.24, 2.45) is 5.92 Å². The highest BCUT2D eigenvalue weighted by atomic mass is 16.3. The average Bonchev–Trinajstić information content (AvgIpc) is 2.74. The Morgan fingerprint density at radius 2 is 2.43 bits per heavy atom. The zero-order valence-corrected chi connectivity index (χ0v) is 8.32. The third-order valence-electron chi connectivity index (χ3n) is 2.65. The highest BCUT2D eigenvalue weighted by Crippen LogP contribution is 2.35. The number of allylic oxidation sites excluding steroid dienone is 2. The van der Waals surface area contributed by atoms with Crippen molar-refractivity contribution in [3.8, 4) is 0 Å². The van der Waals surface area contributed by atoms with Gasteiger partial charge in [0, 0.05) is 12.0 Å². The molecular formula is C12H14O2. The SMILES string of the molecule is CCCC1CC(=O)C=C1c1ccco1. The number of carbonyl (C=O) groups is 1. The van der Waals surface area contributed by atoms with Crippen LogP contribution in [0.3, 0.4) is 0 Å². The summed E-state index contributed by atoms with van der Waals surface area (Å²) in [4.78, 5) is 11.3. The lowest BCUT2D eigenvalue weighted by Gasteiger charge is -2.10. The smallest absolute Gasteiger partial charge is 0.156 e. The molecule has 1 unspecified atom stereocenters. The summed E-state index contributed by atoms with van der Waals surface area (Å²) >= 11 is 0. The van der Waals surface area contributed by atoms with E-state index in [1.807, 2.05) is 12.1 Å². The van der Waals surface area contributed by atoms with E-state index in [9.17, 15) is 4.79 Å². The first-order chi connectivity index (χ1) is 6.81. The number of ketones is 1. The maximum absolute atomic E-state index is 11.3. The predicted molar refractivity (Wildman–Crippen MR) is 54.7 cm³/mol. The molecule has 74 valence electrons. The molecule has 1 aliphatic carbocycles. The van der Waals surface area contributed by atoms with E-state index in [0.717, 1.165) is 24.2 Å². The molecule has 1 atom stereocenters. The van der Waals surface area contributed by atoms with Crippen LogP contribution in [0.2, 0.25) is 0 Å². The second kappa shape index (κ2) is 3.82. The zero-order chi connectivity index (χ0) is 9.97. The van der Waals surface area contributed by atoms with E-state index in [2.05, 4.69) is 6.92 Å². The summed E-state index contributed by atoms with van der Waals surface area (Å²) in [6.07, 6.45) is 6.22. The summed E-state index contributed by atoms with van der Waals surface area (Å²) in [5, 5.41) is 0. The molecule has 0 radical (unpaired) electrons.